The van der Waals surface area contributed by atoms with E-state index >= 15 is 0 Å². The second-order valence-corrected chi connectivity index (χ2v) is 16.5. The lowest BCUT2D eigenvalue weighted by atomic mass is 9.95. The Morgan fingerprint density at radius 2 is 0.957 bits per heavy atom. The number of methoxy groups -OCH3 is 1. The minimum absolute atomic E-state index is 0.0419. The number of hydrogen-bond acceptors (Lipinski definition) is 15. The molecule has 0 radical (unpaired) electrons. The topological polar surface area (TPSA) is 170 Å². The van der Waals surface area contributed by atoms with Gasteiger partial charge in [0.15, 0.2) is 37.2 Å². The molecule has 3 heterocycles. The molecule has 0 aromatic heterocycles. The molecule has 0 spiro atoms. The Labute approximate surface area is 404 Å². The van der Waals surface area contributed by atoms with E-state index in [2.05, 4.69) is 0 Å². The Morgan fingerprint density at radius 1 is 0.486 bits per heavy atom. The summed E-state index contributed by atoms with van der Waals surface area (Å²) in [5.74, 6) is -3.28. The molecule has 15 heteroatoms. The van der Waals surface area contributed by atoms with Crippen molar-refractivity contribution in [1.82, 2.24) is 0 Å². The summed E-state index contributed by atoms with van der Waals surface area (Å²) in [6, 6.07) is 51.4. The molecule has 360 valence electrons. The summed E-state index contributed by atoms with van der Waals surface area (Å²) in [6.07, 6.45) is -14.1. The van der Waals surface area contributed by atoms with E-state index in [1.807, 2.05) is 60.7 Å². The zero-order valence-electron chi connectivity index (χ0n) is 37.9. The molecule has 70 heavy (non-hydrogen) atoms. The van der Waals surface area contributed by atoms with Gasteiger partial charge in [0.25, 0.3) is 0 Å². The lowest BCUT2D eigenvalue weighted by Crippen LogP contribution is -2.68. The molecule has 1 unspecified atom stereocenters. The molecule has 0 amide bonds. The fourth-order valence-electron chi connectivity index (χ4n) is 8.41. The van der Waals surface area contributed by atoms with Gasteiger partial charge in [-0.05, 0) is 54.1 Å². The Morgan fingerprint density at radius 3 is 1.49 bits per heavy atom. The van der Waals surface area contributed by atoms with Crippen LogP contribution in [0.2, 0.25) is 0 Å². The van der Waals surface area contributed by atoms with Gasteiger partial charge >= 0.3 is 23.9 Å². The average Bonchev–Trinajstić information content (AvgIpc) is 3.42. The number of carbonyl (C=O) groups is 4. The van der Waals surface area contributed by atoms with Crippen molar-refractivity contribution in [2.75, 3.05) is 20.3 Å². The molecular weight excluding hydrogens is 901 g/mol. The van der Waals surface area contributed by atoms with Crippen molar-refractivity contribution in [3.8, 4) is 0 Å². The third-order valence-corrected chi connectivity index (χ3v) is 11.9. The standard InChI is InChI=1S/C55H50O15/c1-60-54-47(61-32-35-20-8-2-9-21-35)45(44-42(64-54)34-63-53(69-44)40-30-18-7-19-31-40)70-55-48(68-52(59)39-28-16-6-17-29-39)46(67-51(58)38-26-14-5-15-27-38)43(66-50(57)37-24-12-4-13-25-37)41(65-55)33-62-49(56)36-22-10-3-11-23-36/h2-31,41-48,53-55H,32-34H2,1H3/t41-,42-,43-,44-,45+,46+,47+,48-,53?,54+,55+/m1/s1. The van der Waals surface area contributed by atoms with Crippen molar-refractivity contribution >= 4 is 23.9 Å². The summed E-state index contributed by atoms with van der Waals surface area (Å²) in [7, 11) is 1.46. The number of rotatable bonds is 16. The first-order valence-corrected chi connectivity index (χ1v) is 22.8. The van der Waals surface area contributed by atoms with Gasteiger partial charge in [-0.15, -0.1) is 0 Å². The van der Waals surface area contributed by atoms with Gasteiger partial charge in [-0.1, -0.05) is 133 Å². The Bertz CT molecular complexity index is 2620. The quantitative estimate of drug-likeness (QED) is 0.0683. The molecule has 15 nitrogen and oxygen atoms in total. The summed E-state index contributed by atoms with van der Waals surface area (Å²) in [5, 5.41) is 0. The molecule has 9 rings (SSSR count). The SMILES string of the molecule is CO[C@H]1O[C@@H]2COC(c3ccccc3)O[C@H]2[C@H](O[C@@H]2O[C@H](COC(=O)c3ccccc3)[C@@H](OC(=O)c3ccccc3)[C@H](OC(=O)c3ccccc3)[C@H]2OC(=O)c2ccccc2)[C@@H]1OCc1ccccc1. The number of carbonyl (C=O) groups excluding carboxylic acids is 4. The Hall–Kier alpha value is -7.08. The number of hydrogen-bond donors (Lipinski definition) is 0. The normalized spacial score (nSPS) is 26.2. The van der Waals surface area contributed by atoms with E-state index in [4.69, 9.17) is 52.1 Å². The highest BCUT2D eigenvalue weighted by atomic mass is 16.8. The molecule has 0 saturated carbocycles. The van der Waals surface area contributed by atoms with Crippen LogP contribution in [0.3, 0.4) is 0 Å². The largest absolute Gasteiger partial charge is 0.459 e. The molecule has 11 atom stereocenters. The maximum absolute atomic E-state index is 14.3. The van der Waals surface area contributed by atoms with Crippen molar-refractivity contribution in [3.05, 3.63) is 215 Å². The number of esters is 4. The van der Waals surface area contributed by atoms with Gasteiger partial charge in [-0.3, -0.25) is 0 Å². The zero-order valence-corrected chi connectivity index (χ0v) is 37.9. The Balaban J connectivity index is 1.15. The third kappa shape index (κ3) is 11.5. The molecule has 6 aromatic carbocycles. The van der Waals surface area contributed by atoms with Crippen LogP contribution < -0.4 is 0 Å². The van der Waals surface area contributed by atoms with Crippen LogP contribution in [0.5, 0.6) is 0 Å². The van der Waals surface area contributed by atoms with Crippen LogP contribution in [0.1, 0.15) is 58.8 Å². The highest BCUT2D eigenvalue weighted by molar-refractivity contribution is 5.91. The lowest BCUT2D eigenvalue weighted by Gasteiger charge is -2.51. The van der Waals surface area contributed by atoms with E-state index in [0.29, 0.717) is 0 Å². The number of fused-ring (bicyclic) bond motifs is 1. The predicted molar refractivity (Wildman–Crippen MR) is 248 cm³/mol. The predicted octanol–water partition coefficient (Wildman–Crippen LogP) is 7.70. The number of benzene rings is 6. The van der Waals surface area contributed by atoms with E-state index in [-0.39, 0.29) is 35.5 Å². The first-order valence-electron chi connectivity index (χ1n) is 22.8. The maximum Gasteiger partial charge on any atom is 0.338 e. The smallest absolute Gasteiger partial charge is 0.338 e. The highest BCUT2D eigenvalue weighted by Gasteiger charge is 2.58. The first-order chi connectivity index (χ1) is 34.3. The van der Waals surface area contributed by atoms with Crippen LogP contribution >= 0.6 is 0 Å². The molecule has 0 N–H and O–H groups in total. The maximum atomic E-state index is 14.3. The minimum Gasteiger partial charge on any atom is -0.459 e. The molecule has 3 aliphatic heterocycles. The van der Waals surface area contributed by atoms with Gasteiger partial charge in [0.05, 0.1) is 35.5 Å². The summed E-state index contributed by atoms with van der Waals surface area (Å²) < 4.78 is 70.7. The third-order valence-electron chi connectivity index (χ3n) is 11.9. The molecule has 3 aliphatic rings. The van der Waals surface area contributed by atoms with Crippen LogP contribution in [0, 0.1) is 0 Å². The van der Waals surface area contributed by atoms with E-state index in [9.17, 15) is 19.2 Å². The van der Waals surface area contributed by atoms with E-state index in [1.54, 1.807) is 109 Å². The monoisotopic (exact) mass is 950 g/mol. The zero-order chi connectivity index (χ0) is 48.2. The summed E-state index contributed by atoms with van der Waals surface area (Å²) in [5.41, 5.74) is 2.19. The van der Waals surface area contributed by atoms with Gasteiger partial charge in [0.2, 0.25) is 0 Å². The van der Waals surface area contributed by atoms with Crippen molar-refractivity contribution in [2.45, 2.75) is 74.3 Å². The molecule has 3 fully saturated rings. The lowest BCUT2D eigenvalue weighted by molar-refractivity contribution is -0.394. The molecule has 3 saturated heterocycles. The van der Waals surface area contributed by atoms with E-state index in [1.165, 1.54) is 19.2 Å². The molecular formula is C55H50O15. The molecule has 0 aliphatic carbocycles. The van der Waals surface area contributed by atoms with Gasteiger partial charge in [-0.2, -0.15) is 0 Å². The highest BCUT2D eigenvalue weighted by Crippen LogP contribution is 2.40. The van der Waals surface area contributed by atoms with Crippen LogP contribution in [-0.4, -0.2) is 106 Å². The second-order valence-electron chi connectivity index (χ2n) is 16.5. The van der Waals surface area contributed by atoms with E-state index < -0.39 is 98.2 Å². The van der Waals surface area contributed by atoms with Crippen LogP contribution in [-0.2, 0) is 58.7 Å². The van der Waals surface area contributed by atoms with Crippen molar-refractivity contribution in [1.29, 1.82) is 0 Å². The van der Waals surface area contributed by atoms with Gasteiger partial charge in [0, 0.05) is 12.7 Å². The van der Waals surface area contributed by atoms with Crippen LogP contribution in [0.15, 0.2) is 182 Å². The summed E-state index contributed by atoms with van der Waals surface area (Å²) in [4.78, 5) is 56.4. The fourth-order valence-corrected chi connectivity index (χ4v) is 8.41. The fraction of sp³-hybridized carbons (Fsp3) is 0.273. The summed E-state index contributed by atoms with van der Waals surface area (Å²) in [6.45, 7) is -0.441. The first kappa shape index (κ1) is 48.0. The van der Waals surface area contributed by atoms with Crippen molar-refractivity contribution < 1.29 is 71.3 Å². The van der Waals surface area contributed by atoms with Gasteiger partial charge in [0.1, 0.15) is 37.1 Å². The van der Waals surface area contributed by atoms with Crippen LogP contribution in [0.25, 0.3) is 0 Å². The Kier molecular flexibility index (Phi) is 15.8. The number of ether oxygens (including phenoxy) is 11. The molecule has 0 bridgehead atoms. The van der Waals surface area contributed by atoms with E-state index in [0.717, 1.165) is 11.1 Å². The molecule has 6 aromatic rings. The van der Waals surface area contributed by atoms with Crippen LogP contribution in [0.4, 0.5) is 0 Å². The average molecular weight is 951 g/mol. The van der Waals surface area contributed by atoms with Crippen molar-refractivity contribution in [2.24, 2.45) is 0 Å². The second kappa shape index (κ2) is 23.0. The summed E-state index contributed by atoms with van der Waals surface area (Å²) >= 11 is 0. The van der Waals surface area contributed by atoms with Gasteiger partial charge in [-0.25, -0.2) is 19.2 Å². The van der Waals surface area contributed by atoms with Crippen molar-refractivity contribution in [3.63, 3.8) is 0 Å². The van der Waals surface area contributed by atoms with Gasteiger partial charge < -0.3 is 52.1 Å². The minimum atomic E-state index is -1.70.